The molecule has 0 aromatic rings. The fourth-order valence-electron chi connectivity index (χ4n) is 3.13. The van der Waals surface area contributed by atoms with E-state index in [4.69, 9.17) is 4.74 Å². The zero-order valence-electron chi connectivity index (χ0n) is 14.8. The third-order valence-corrected chi connectivity index (χ3v) is 6.37. The van der Waals surface area contributed by atoms with E-state index in [0.717, 1.165) is 25.3 Å². The third kappa shape index (κ3) is 5.99. The number of hydrogen-bond acceptors (Lipinski definition) is 4. The molecule has 0 aromatic carbocycles. The molecule has 0 spiro atoms. The highest BCUT2D eigenvalue weighted by atomic mass is 127. The van der Waals surface area contributed by atoms with Crippen LogP contribution in [0.4, 0.5) is 0 Å². The topological polar surface area (TPSA) is 83.0 Å². The summed E-state index contributed by atoms with van der Waals surface area (Å²) in [5.41, 5.74) is 0. The van der Waals surface area contributed by atoms with Crippen molar-refractivity contribution in [2.24, 2.45) is 4.99 Å². The maximum absolute atomic E-state index is 11.7. The molecular weight excluding hydrogens is 443 g/mol. The number of hydrogen-bond donors (Lipinski definition) is 2. The first-order valence-corrected chi connectivity index (χ1v) is 10.2. The minimum atomic E-state index is -3.10. The van der Waals surface area contributed by atoms with Crippen molar-refractivity contribution >= 4 is 40.0 Å². The molecule has 0 aliphatic carbocycles. The average molecular weight is 474 g/mol. The minimum absolute atomic E-state index is 0. The Labute approximate surface area is 163 Å². The molecule has 3 unspecified atom stereocenters. The molecule has 2 heterocycles. The zero-order chi connectivity index (χ0) is 16.9. The van der Waals surface area contributed by atoms with Crippen molar-refractivity contribution in [3.8, 4) is 0 Å². The largest absolute Gasteiger partial charge is 0.373 e. The predicted octanol–water partition coefficient (Wildman–Crippen LogP) is 1.15. The van der Waals surface area contributed by atoms with Crippen molar-refractivity contribution in [1.82, 2.24) is 14.9 Å². The summed E-state index contributed by atoms with van der Waals surface area (Å²) >= 11 is 0. The lowest BCUT2D eigenvalue weighted by molar-refractivity contribution is 0.0992. The van der Waals surface area contributed by atoms with Crippen LogP contribution in [0.3, 0.4) is 0 Å². The van der Waals surface area contributed by atoms with Gasteiger partial charge in [0.05, 0.1) is 24.0 Å². The van der Waals surface area contributed by atoms with Crippen molar-refractivity contribution < 1.29 is 13.2 Å². The molecule has 9 heteroatoms. The van der Waals surface area contributed by atoms with Crippen LogP contribution in [0.5, 0.6) is 0 Å². The molecule has 0 aromatic heterocycles. The Morgan fingerprint density at radius 2 is 2.08 bits per heavy atom. The highest BCUT2D eigenvalue weighted by Gasteiger charge is 2.41. The third-order valence-electron chi connectivity index (χ3n) is 4.51. The Balaban J connectivity index is 0.00000288. The SMILES string of the molecule is CCNC(=NCCCN(C)S(=O)(=O)CC)NC1CC2CCC1O2.I. The van der Waals surface area contributed by atoms with Gasteiger partial charge in [-0.3, -0.25) is 4.99 Å². The Bertz CT molecular complexity index is 515. The van der Waals surface area contributed by atoms with Crippen LogP contribution in [0.1, 0.15) is 39.5 Å². The van der Waals surface area contributed by atoms with Crippen molar-refractivity contribution in [3.63, 3.8) is 0 Å². The molecule has 2 saturated heterocycles. The molecule has 2 bridgehead atoms. The van der Waals surface area contributed by atoms with Gasteiger partial charge in [-0.1, -0.05) is 0 Å². The summed E-state index contributed by atoms with van der Waals surface area (Å²) in [5.74, 6) is 0.941. The lowest BCUT2D eigenvalue weighted by Crippen LogP contribution is -2.47. The lowest BCUT2D eigenvalue weighted by atomic mass is 9.96. The number of sulfonamides is 1. The number of nitrogens with zero attached hydrogens (tertiary/aromatic N) is 2. The van der Waals surface area contributed by atoms with E-state index < -0.39 is 10.0 Å². The molecule has 142 valence electrons. The van der Waals surface area contributed by atoms with Crippen molar-refractivity contribution in [1.29, 1.82) is 0 Å². The summed E-state index contributed by atoms with van der Waals surface area (Å²) in [5, 5.41) is 6.71. The number of halogens is 1. The fraction of sp³-hybridized carbons (Fsp3) is 0.933. The van der Waals surface area contributed by atoms with Crippen LogP contribution in [-0.4, -0.2) is 69.4 Å². The molecule has 0 saturated carbocycles. The van der Waals surface area contributed by atoms with Gasteiger partial charge in [0.1, 0.15) is 0 Å². The highest BCUT2D eigenvalue weighted by Crippen LogP contribution is 2.34. The number of nitrogens with one attached hydrogen (secondary N) is 2. The highest BCUT2D eigenvalue weighted by molar-refractivity contribution is 14.0. The molecule has 2 aliphatic rings. The summed E-state index contributed by atoms with van der Waals surface area (Å²) in [6, 6.07) is 0.342. The van der Waals surface area contributed by atoms with Gasteiger partial charge in [0.25, 0.3) is 0 Å². The van der Waals surface area contributed by atoms with Crippen LogP contribution in [-0.2, 0) is 14.8 Å². The second kappa shape index (κ2) is 10.1. The van der Waals surface area contributed by atoms with Gasteiger partial charge in [0.2, 0.25) is 10.0 Å². The van der Waals surface area contributed by atoms with Crippen molar-refractivity contribution in [3.05, 3.63) is 0 Å². The summed E-state index contributed by atoms with van der Waals surface area (Å²) in [4.78, 5) is 4.56. The van der Waals surface area contributed by atoms with E-state index in [1.165, 1.54) is 10.7 Å². The van der Waals surface area contributed by atoms with Crippen molar-refractivity contribution in [2.45, 2.75) is 57.8 Å². The molecule has 24 heavy (non-hydrogen) atoms. The molecule has 2 fully saturated rings. The van der Waals surface area contributed by atoms with Crippen LogP contribution >= 0.6 is 24.0 Å². The normalized spacial score (nSPS) is 26.5. The second-order valence-electron chi connectivity index (χ2n) is 6.20. The number of rotatable bonds is 8. The second-order valence-corrected chi connectivity index (χ2v) is 8.56. The standard InChI is InChI=1S/C15H30N4O3S.HI/c1-4-16-15(18-13-11-12-7-8-14(13)22-12)17-9-6-10-19(3)23(20,21)5-2;/h12-14H,4-11H2,1-3H3,(H2,16,17,18);1H. The van der Waals surface area contributed by atoms with Gasteiger partial charge in [-0.15, -0.1) is 24.0 Å². The van der Waals surface area contributed by atoms with Gasteiger partial charge < -0.3 is 15.4 Å². The van der Waals surface area contributed by atoms with E-state index in [-0.39, 0.29) is 29.7 Å². The van der Waals surface area contributed by atoms with Gasteiger partial charge >= 0.3 is 0 Å². The first kappa shape index (κ1) is 21.9. The molecule has 2 aliphatic heterocycles. The van der Waals surface area contributed by atoms with Crippen LogP contribution in [0, 0.1) is 0 Å². The summed E-state index contributed by atoms with van der Waals surface area (Å²) in [7, 11) is -1.47. The first-order chi connectivity index (χ1) is 11.0. The summed E-state index contributed by atoms with van der Waals surface area (Å²) < 4.78 is 30.6. The monoisotopic (exact) mass is 474 g/mol. The molecular formula is C15H31IN4O3S. The van der Waals surface area contributed by atoms with E-state index in [9.17, 15) is 8.42 Å². The fourth-order valence-corrected chi connectivity index (χ4v) is 3.98. The molecule has 7 nitrogen and oxygen atoms in total. The average Bonchev–Trinajstić information content (AvgIpc) is 3.14. The molecule has 2 rings (SSSR count). The number of fused-ring (bicyclic) bond motifs is 2. The zero-order valence-corrected chi connectivity index (χ0v) is 18.0. The quantitative estimate of drug-likeness (QED) is 0.239. The molecule has 0 amide bonds. The maximum Gasteiger partial charge on any atom is 0.213 e. The van der Waals surface area contributed by atoms with E-state index in [1.54, 1.807) is 14.0 Å². The van der Waals surface area contributed by atoms with Gasteiger partial charge in [-0.2, -0.15) is 0 Å². The van der Waals surface area contributed by atoms with E-state index in [2.05, 4.69) is 15.6 Å². The number of aliphatic imine (C=N–C) groups is 1. The van der Waals surface area contributed by atoms with Gasteiger partial charge in [-0.25, -0.2) is 12.7 Å². The molecule has 3 atom stereocenters. The van der Waals surface area contributed by atoms with Crippen LogP contribution in [0.25, 0.3) is 0 Å². The lowest BCUT2D eigenvalue weighted by Gasteiger charge is -2.22. The van der Waals surface area contributed by atoms with Crippen LogP contribution in [0.2, 0.25) is 0 Å². The summed E-state index contributed by atoms with van der Waals surface area (Å²) in [6.07, 6.45) is 4.78. The minimum Gasteiger partial charge on any atom is -0.373 e. The van der Waals surface area contributed by atoms with E-state index in [1.807, 2.05) is 6.92 Å². The number of guanidine groups is 1. The van der Waals surface area contributed by atoms with Gasteiger partial charge in [0.15, 0.2) is 5.96 Å². The predicted molar refractivity (Wildman–Crippen MR) is 108 cm³/mol. The molecule has 0 radical (unpaired) electrons. The summed E-state index contributed by atoms with van der Waals surface area (Å²) in [6.45, 7) is 5.60. The van der Waals surface area contributed by atoms with E-state index in [0.29, 0.717) is 37.8 Å². The Hall–Kier alpha value is -0.130. The molecule has 2 N–H and O–H groups in total. The smallest absolute Gasteiger partial charge is 0.213 e. The van der Waals surface area contributed by atoms with Gasteiger partial charge in [0, 0.05) is 26.7 Å². The Morgan fingerprint density at radius 3 is 2.62 bits per heavy atom. The Morgan fingerprint density at radius 1 is 1.33 bits per heavy atom. The number of ether oxygens (including phenoxy) is 1. The first-order valence-electron chi connectivity index (χ1n) is 8.60. The van der Waals surface area contributed by atoms with Crippen LogP contribution in [0.15, 0.2) is 4.99 Å². The van der Waals surface area contributed by atoms with Gasteiger partial charge in [-0.05, 0) is 39.5 Å². The maximum atomic E-state index is 11.7. The van der Waals surface area contributed by atoms with Crippen LogP contribution < -0.4 is 10.6 Å². The Kier molecular flexibility index (Phi) is 9.24. The van der Waals surface area contributed by atoms with Crippen molar-refractivity contribution in [2.75, 3.05) is 32.4 Å². The van der Waals surface area contributed by atoms with E-state index >= 15 is 0 Å².